The lowest BCUT2D eigenvalue weighted by atomic mass is 10.1. The van der Waals surface area contributed by atoms with Gasteiger partial charge in [-0.3, -0.25) is 9.36 Å². The molecule has 2 aromatic rings. The number of para-hydroxylation sites is 1. The van der Waals surface area contributed by atoms with Crippen LogP contribution in [0, 0.1) is 0 Å². The molecule has 0 saturated heterocycles. The number of aromatic nitrogens is 1. The van der Waals surface area contributed by atoms with Crippen LogP contribution in [0.4, 0.5) is 5.69 Å². The minimum Gasteiger partial charge on any atom is -0.495 e. The Labute approximate surface area is 104 Å². The molecule has 5 nitrogen and oxygen atoms in total. The highest BCUT2D eigenvalue weighted by Gasteiger charge is 2.26. The fourth-order valence-corrected chi connectivity index (χ4v) is 2.17. The Hall–Kier alpha value is -2.27. The minimum atomic E-state index is -0.943. The summed E-state index contributed by atoms with van der Waals surface area (Å²) in [4.78, 5) is 12.4. The number of hydrogen-bond acceptors (Lipinski definition) is 4. The zero-order valence-corrected chi connectivity index (χ0v) is 9.75. The largest absolute Gasteiger partial charge is 0.495 e. The number of methoxy groups -OCH3 is 1. The number of nitrogens with one attached hydrogen (secondary N) is 1. The maximum atomic E-state index is 12.4. The lowest BCUT2D eigenvalue weighted by Crippen LogP contribution is -2.14. The first-order chi connectivity index (χ1) is 8.72. The van der Waals surface area contributed by atoms with Crippen LogP contribution in [0.25, 0.3) is 0 Å². The summed E-state index contributed by atoms with van der Waals surface area (Å²) < 4.78 is 6.64. The molecule has 0 spiro atoms. The van der Waals surface area contributed by atoms with Gasteiger partial charge in [-0.05, 0) is 24.3 Å². The van der Waals surface area contributed by atoms with Crippen LogP contribution in [0.15, 0.2) is 36.5 Å². The van der Waals surface area contributed by atoms with Crippen molar-refractivity contribution in [2.75, 3.05) is 12.4 Å². The molecule has 0 bridgehead atoms. The van der Waals surface area contributed by atoms with Crippen LogP contribution >= 0.6 is 0 Å². The highest BCUT2D eigenvalue weighted by Crippen LogP contribution is 2.34. The zero-order chi connectivity index (χ0) is 12.7. The first-order valence-corrected chi connectivity index (χ1v) is 5.56. The van der Waals surface area contributed by atoms with Crippen molar-refractivity contribution in [1.82, 2.24) is 4.57 Å². The van der Waals surface area contributed by atoms with Crippen molar-refractivity contribution in [2.24, 2.45) is 0 Å². The van der Waals surface area contributed by atoms with Crippen molar-refractivity contribution < 1.29 is 14.6 Å². The number of hydrogen-bond donors (Lipinski definition) is 2. The highest BCUT2D eigenvalue weighted by molar-refractivity contribution is 6.03. The van der Waals surface area contributed by atoms with Crippen LogP contribution in [-0.2, 0) is 0 Å². The van der Waals surface area contributed by atoms with Gasteiger partial charge in [0.2, 0.25) is 0 Å². The summed E-state index contributed by atoms with van der Waals surface area (Å²) in [6, 6.07) is 8.62. The molecule has 1 aliphatic heterocycles. The summed E-state index contributed by atoms with van der Waals surface area (Å²) in [5.41, 5.74) is 1.50. The standard InChI is InChI=1S/C13H12N2O3/c1-18-10-6-2-4-8-11(10)14-12(16)9-5-3-7-15(9)13(8)17/h2-7,12,14,16H,1H3. The molecule has 2 N–H and O–H groups in total. The Bertz CT molecular complexity index is 618. The number of fused-ring (bicyclic) bond motifs is 2. The van der Waals surface area contributed by atoms with E-state index in [4.69, 9.17) is 4.74 Å². The highest BCUT2D eigenvalue weighted by atomic mass is 16.5. The molecule has 5 heteroatoms. The third-order valence-corrected chi connectivity index (χ3v) is 3.04. The van der Waals surface area contributed by atoms with E-state index in [0.29, 0.717) is 22.7 Å². The Morgan fingerprint density at radius 1 is 1.33 bits per heavy atom. The van der Waals surface area contributed by atoms with Crippen molar-refractivity contribution in [3.63, 3.8) is 0 Å². The Morgan fingerprint density at radius 2 is 2.17 bits per heavy atom. The summed E-state index contributed by atoms with van der Waals surface area (Å²) in [6.45, 7) is 0. The average molecular weight is 244 g/mol. The zero-order valence-electron chi connectivity index (χ0n) is 9.75. The van der Waals surface area contributed by atoms with Gasteiger partial charge in [-0.15, -0.1) is 0 Å². The number of carbonyl (C=O) groups is 1. The molecular weight excluding hydrogens is 232 g/mol. The molecular formula is C13H12N2O3. The second-order valence-corrected chi connectivity index (χ2v) is 4.04. The Balaban J connectivity index is 2.24. The van der Waals surface area contributed by atoms with E-state index in [1.165, 1.54) is 11.7 Å². The van der Waals surface area contributed by atoms with Crippen LogP contribution in [0.2, 0.25) is 0 Å². The van der Waals surface area contributed by atoms with Gasteiger partial charge < -0.3 is 15.2 Å². The van der Waals surface area contributed by atoms with Crippen LogP contribution in [-0.4, -0.2) is 22.7 Å². The molecule has 1 unspecified atom stereocenters. The molecule has 1 aromatic heterocycles. The fourth-order valence-electron chi connectivity index (χ4n) is 2.17. The Morgan fingerprint density at radius 3 is 2.94 bits per heavy atom. The van der Waals surface area contributed by atoms with Crippen LogP contribution < -0.4 is 10.1 Å². The van der Waals surface area contributed by atoms with Gasteiger partial charge in [0, 0.05) is 6.20 Å². The van der Waals surface area contributed by atoms with Crippen molar-refractivity contribution in [3.8, 4) is 5.75 Å². The molecule has 0 fully saturated rings. The Kier molecular flexibility index (Phi) is 2.34. The summed E-state index contributed by atoms with van der Waals surface area (Å²) in [7, 11) is 1.53. The third kappa shape index (κ3) is 1.41. The lowest BCUT2D eigenvalue weighted by Gasteiger charge is -2.14. The minimum absolute atomic E-state index is 0.187. The number of nitrogens with zero attached hydrogens (tertiary/aromatic N) is 1. The van der Waals surface area contributed by atoms with E-state index in [9.17, 15) is 9.90 Å². The van der Waals surface area contributed by atoms with E-state index in [0.717, 1.165) is 0 Å². The van der Waals surface area contributed by atoms with E-state index in [1.807, 2.05) is 0 Å². The van der Waals surface area contributed by atoms with Gasteiger partial charge >= 0.3 is 0 Å². The molecule has 3 rings (SSSR count). The van der Waals surface area contributed by atoms with Crippen LogP contribution in [0.1, 0.15) is 22.3 Å². The van der Waals surface area contributed by atoms with Gasteiger partial charge in [0.05, 0.1) is 24.1 Å². The molecule has 1 atom stereocenters. The number of aliphatic hydroxyl groups is 1. The molecule has 18 heavy (non-hydrogen) atoms. The molecule has 0 saturated carbocycles. The number of benzene rings is 1. The number of carbonyl (C=O) groups excluding carboxylic acids is 1. The average Bonchev–Trinajstić information content (AvgIpc) is 2.84. The third-order valence-electron chi connectivity index (χ3n) is 3.04. The molecule has 0 radical (unpaired) electrons. The molecule has 1 aliphatic rings. The van der Waals surface area contributed by atoms with Crippen molar-refractivity contribution >= 4 is 11.6 Å². The van der Waals surface area contributed by atoms with E-state index in [2.05, 4.69) is 5.32 Å². The van der Waals surface area contributed by atoms with Gasteiger partial charge in [0.15, 0.2) is 6.23 Å². The van der Waals surface area contributed by atoms with E-state index in [-0.39, 0.29) is 5.91 Å². The molecule has 1 aromatic carbocycles. The molecule has 92 valence electrons. The topological polar surface area (TPSA) is 63.5 Å². The van der Waals surface area contributed by atoms with Gasteiger partial charge in [0.25, 0.3) is 5.91 Å². The predicted molar refractivity (Wildman–Crippen MR) is 65.7 cm³/mol. The summed E-state index contributed by atoms with van der Waals surface area (Å²) in [5.74, 6) is 0.346. The first kappa shape index (κ1) is 10.9. The van der Waals surface area contributed by atoms with Gasteiger partial charge in [-0.25, -0.2) is 0 Å². The monoisotopic (exact) mass is 244 g/mol. The van der Waals surface area contributed by atoms with Crippen LogP contribution in [0.3, 0.4) is 0 Å². The number of ether oxygens (including phenoxy) is 1. The van der Waals surface area contributed by atoms with E-state index >= 15 is 0 Å². The maximum Gasteiger partial charge on any atom is 0.264 e. The smallest absolute Gasteiger partial charge is 0.264 e. The molecule has 0 aliphatic carbocycles. The van der Waals surface area contributed by atoms with Crippen LogP contribution in [0.5, 0.6) is 5.75 Å². The SMILES string of the molecule is COc1cccc2c1NC(O)c1cccn1C2=O. The summed E-state index contributed by atoms with van der Waals surface area (Å²) >= 11 is 0. The summed E-state index contributed by atoms with van der Waals surface area (Å²) in [6.07, 6.45) is 0.693. The lowest BCUT2D eigenvalue weighted by molar-refractivity contribution is 0.0950. The van der Waals surface area contributed by atoms with Crippen molar-refractivity contribution in [1.29, 1.82) is 0 Å². The van der Waals surface area contributed by atoms with Crippen molar-refractivity contribution in [3.05, 3.63) is 47.8 Å². The predicted octanol–water partition coefficient (Wildman–Crippen LogP) is 1.60. The van der Waals surface area contributed by atoms with E-state index < -0.39 is 6.23 Å². The maximum absolute atomic E-state index is 12.4. The van der Waals surface area contributed by atoms with Crippen molar-refractivity contribution in [2.45, 2.75) is 6.23 Å². The summed E-state index contributed by atoms with van der Waals surface area (Å²) in [5, 5.41) is 13.0. The quantitative estimate of drug-likeness (QED) is 0.799. The van der Waals surface area contributed by atoms with Gasteiger partial charge in [-0.2, -0.15) is 0 Å². The number of anilines is 1. The second-order valence-electron chi connectivity index (χ2n) is 4.04. The van der Waals surface area contributed by atoms with E-state index in [1.54, 1.807) is 36.5 Å². The molecule has 0 amide bonds. The molecule has 2 heterocycles. The first-order valence-electron chi connectivity index (χ1n) is 5.56. The normalized spacial score (nSPS) is 17.4. The fraction of sp³-hybridized carbons (Fsp3) is 0.154. The van der Waals surface area contributed by atoms with Gasteiger partial charge in [0.1, 0.15) is 5.75 Å². The van der Waals surface area contributed by atoms with Gasteiger partial charge in [-0.1, -0.05) is 6.07 Å². The number of rotatable bonds is 1. The second kappa shape index (κ2) is 3.89. The number of aliphatic hydroxyl groups excluding tert-OH is 1.